The molecular weight excluding hydrogens is 1070 g/mol. The standard InChI is InChI=1S/C54H101N13O15/c1-38(50(55)74)16-9-12-24-58-48(72)36-81-32-31-80-29-27-60-49(73)37-82-33-30-79-28-26-59-44(68)19-15-20-46(70)65-43(52(76)61-25-13-10-17-39(2)51(56)75)18-11-14-23-57-45(69)21-22-47(71)64-42(34-62-53(5,6)40(3)66-77)35-63-54(7,8)41(4)67-78/h38-39,42-43,62-63,77-78H,9-37H2,1-8H3,(H2,55,74)(H2,56,75)(H,57,69)(H,58,72)(H,59,68)(H,60,73)(H,61,76)(H,64,71)(H,65,70)/b66-40-,67-41-/t38-,39?,43-/m0/s1. The van der Waals surface area contributed by atoms with Gasteiger partial charge in [-0.25, -0.2) is 0 Å². The monoisotopic (exact) mass is 1170 g/mol. The molecule has 1 unspecified atom stereocenters. The van der Waals surface area contributed by atoms with Crippen LogP contribution >= 0.6 is 0 Å². The maximum Gasteiger partial charge on any atom is 0.246 e. The normalized spacial score (nSPS) is 13.5. The first kappa shape index (κ1) is 75.9. The zero-order valence-corrected chi connectivity index (χ0v) is 50.1. The minimum atomic E-state index is -0.881. The highest BCUT2D eigenvalue weighted by Gasteiger charge is 2.27. The molecule has 0 rings (SSSR count). The first-order valence-corrected chi connectivity index (χ1v) is 28.6. The summed E-state index contributed by atoms with van der Waals surface area (Å²) in [7, 11) is 0. The molecule has 0 aliphatic carbocycles. The molecule has 0 heterocycles. The lowest BCUT2D eigenvalue weighted by molar-refractivity contribution is -0.129. The summed E-state index contributed by atoms with van der Waals surface area (Å²) in [6.45, 7) is 17.2. The molecule has 0 saturated heterocycles. The Balaban J connectivity index is 4.64. The van der Waals surface area contributed by atoms with Crippen LogP contribution in [-0.2, 0) is 62.1 Å². The van der Waals surface area contributed by atoms with Crippen LogP contribution < -0.4 is 59.3 Å². The maximum atomic E-state index is 13.3. The number of ether oxygens (including phenoxy) is 4. The van der Waals surface area contributed by atoms with E-state index in [-0.39, 0.29) is 177 Å². The number of amides is 9. The van der Waals surface area contributed by atoms with E-state index in [1.165, 1.54) is 0 Å². The number of hydrogen-bond donors (Lipinski definition) is 13. The van der Waals surface area contributed by atoms with E-state index in [9.17, 15) is 53.6 Å². The molecule has 9 amide bonds. The summed E-state index contributed by atoms with van der Waals surface area (Å²) < 4.78 is 21.5. The van der Waals surface area contributed by atoms with Gasteiger partial charge in [0.2, 0.25) is 53.2 Å². The average Bonchev–Trinajstić information content (AvgIpc) is 3.43. The molecule has 28 heteroatoms. The molecule has 0 bridgehead atoms. The number of oxime groups is 2. The van der Waals surface area contributed by atoms with Gasteiger partial charge in [-0.05, 0) is 92.9 Å². The second-order valence-corrected chi connectivity index (χ2v) is 21.2. The van der Waals surface area contributed by atoms with Crippen molar-refractivity contribution in [2.24, 2.45) is 33.6 Å². The van der Waals surface area contributed by atoms with E-state index in [0.717, 1.165) is 12.8 Å². The Morgan fingerprint density at radius 1 is 0.451 bits per heavy atom. The number of unbranched alkanes of at least 4 members (excludes halogenated alkanes) is 3. The summed E-state index contributed by atoms with van der Waals surface area (Å²) in [5.74, 6) is -3.58. The van der Waals surface area contributed by atoms with Gasteiger partial charge in [0.15, 0.2) is 0 Å². The van der Waals surface area contributed by atoms with E-state index in [1.807, 2.05) is 27.7 Å². The van der Waals surface area contributed by atoms with Crippen LogP contribution in [0.25, 0.3) is 0 Å². The molecule has 0 aromatic heterocycles. The number of rotatable bonds is 51. The van der Waals surface area contributed by atoms with Gasteiger partial charge in [-0.1, -0.05) is 37.0 Å². The number of nitrogens with zero attached hydrogens (tertiary/aromatic N) is 2. The summed E-state index contributed by atoms with van der Waals surface area (Å²) in [6.07, 6.45) is 5.31. The van der Waals surface area contributed by atoms with Crippen LogP contribution in [-0.4, -0.2) is 197 Å². The van der Waals surface area contributed by atoms with Crippen LogP contribution in [0.15, 0.2) is 10.3 Å². The third kappa shape index (κ3) is 40.2. The highest BCUT2D eigenvalue weighted by Crippen LogP contribution is 2.10. The van der Waals surface area contributed by atoms with Gasteiger partial charge in [0.25, 0.3) is 0 Å². The van der Waals surface area contributed by atoms with Crippen LogP contribution in [0.5, 0.6) is 0 Å². The largest absolute Gasteiger partial charge is 0.411 e. The van der Waals surface area contributed by atoms with Crippen molar-refractivity contribution in [3.05, 3.63) is 0 Å². The quantitative estimate of drug-likeness (QED) is 0.0162. The molecule has 28 nitrogen and oxygen atoms in total. The average molecular weight is 1170 g/mol. The second kappa shape index (κ2) is 45.4. The highest BCUT2D eigenvalue weighted by molar-refractivity contribution is 5.91. The van der Waals surface area contributed by atoms with Gasteiger partial charge in [0, 0.05) is 83.3 Å². The molecule has 0 spiro atoms. The van der Waals surface area contributed by atoms with E-state index >= 15 is 0 Å². The minimum absolute atomic E-state index is 0.0128. The van der Waals surface area contributed by atoms with E-state index in [1.54, 1.807) is 27.7 Å². The fraction of sp³-hybridized carbons (Fsp3) is 0.796. The highest BCUT2D eigenvalue weighted by atomic mass is 16.5. The van der Waals surface area contributed by atoms with E-state index in [4.69, 9.17) is 30.4 Å². The van der Waals surface area contributed by atoms with Crippen LogP contribution in [0.4, 0.5) is 0 Å². The second-order valence-electron chi connectivity index (χ2n) is 21.2. The zero-order chi connectivity index (χ0) is 61.8. The Kier molecular flexibility index (Phi) is 42.1. The Labute approximate surface area is 484 Å². The smallest absolute Gasteiger partial charge is 0.246 e. The summed E-state index contributed by atoms with van der Waals surface area (Å²) in [5, 5.41) is 51.2. The van der Waals surface area contributed by atoms with Gasteiger partial charge in [-0.15, -0.1) is 0 Å². The van der Waals surface area contributed by atoms with Crippen LogP contribution in [0.2, 0.25) is 0 Å². The van der Waals surface area contributed by atoms with Gasteiger partial charge in [0.05, 0.1) is 68.2 Å². The number of primary amides is 2. The predicted molar refractivity (Wildman–Crippen MR) is 307 cm³/mol. The summed E-state index contributed by atoms with van der Waals surface area (Å²) in [6, 6.07) is -1.34. The van der Waals surface area contributed by atoms with Gasteiger partial charge in [-0.3, -0.25) is 43.2 Å². The van der Waals surface area contributed by atoms with Crippen molar-refractivity contribution < 1.29 is 72.5 Å². The van der Waals surface area contributed by atoms with Crippen molar-refractivity contribution in [3.8, 4) is 0 Å². The molecule has 0 radical (unpaired) electrons. The number of carbonyl (C=O) groups excluding carboxylic acids is 9. The number of hydrogen-bond acceptors (Lipinski definition) is 19. The third-order valence-electron chi connectivity index (χ3n) is 13.4. The van der Waals surface area contributed by atoms with Gasteiger partial charge >= 0.3 is 0 Å². The predicted octanol–water partition coefficient (Wildman–Crippen LogP) is -0.256. The Hall–Kier alpha value is -6.07. The fourth-order valence-electron chi connectivity index (χ4n) is 7.18. The van der Waals surface area contributed by atoms with E-state index in [2.05, 4.69) is 58.2 Å². The summed E-state index contributed by atoms with van der Waals surface area (Å²) >= 11 is 0. The van der Waals surface area contributed by atoms with Crippen molar-refractivity contribution in [1.29, 1.82) is 0 Å². The van der Waals surface area contributed by atoms with Gasteiger partial charge in [0.1, 0.15) is 19.3 Å². The lowest BCUT2D eigenvalue weighted by Crippen LogP contribution is -2.57. The first-order valence-electron chi connectivity index (χ1n) is 28.6. The Bertz CT molecular complexity index is 1940. The molecule has 15 N–H and O–H groups in total. The summed E-state index contributed by atoms with van der Waals surface area (Å²) in [5.41, 5.74) is 10.1. The van der Waals surface area contributed by atoms with Crippen molar-refractivity contribution in [1.82, 2.24) is 47.9 Å². The van der Waals surface area contributed by atoms with Crippen molar-refractivity contribution in [2.45, 2.75) is 168 Å². The molecule has 472 valence electrons. The Morgan fingerprint density at radius 3 is 1.30 bits per heavy atom. The molecular formula is C54H101N13O15. The summed E-state index contributed by atoms with van der Waals surface area (Å²) in [4.78, 5) is 111. The Morgan fingerprint density at radius 2 is 0.829 bits per heavy atom. The lowest BCUT2D eigenvalue weighted by Gasteiger charge is -2.32. The topological polar surface area (TPSA) is 416 Å². The minimum Gasteiger partial charge on any atom is -0.411 e. The first-order chi connectivity index (χ1) is 38.8. The van der Waals surface area contributed by atoms with E-state index < -0.39 is 35.0 Å². The maximum absolute atomic E-state index is 13.3. The zero-order valence-electron chi connectivity index (χ0n) is 50.1. The third-order valence-corrected chi connectivity index (χ3v) is 13.4. The number of carbonyl (C=O) groups is 9. The molecule has 82 heavy (non-hydrogen) atoms. The molecule has 0 aromatic carbocycles. The van der Waals surface area contributed by atoms with Crippen molar-refractivity contribution >= 4 is 64.6 Å². The molecule has 0 aliphatic heterocycles. The fourth-order valence-corrected chi connectivity index (χ4v) is 7.18. The van der Waals surface area contributed by atoms with Crippen LogP contribution in [0.1, 0.15) is 145 Å². The molecule has 0 saturated carbocycles. The van der Waals surface area contributed by atoms with Gasteiger partial charge in [-0.2, -0.15) is 0 Å². The van der Waals surface area contributed by atoms with Crippen LogP contribution in [0, 0.1) is 11.8 Å². The van der Waals surface area contributed by atoms with Gasteiger partial charge < -0.3 is 88.7 Å². The molecule has 0 aliphatic rings. The SMILES string of the molecule is C/C(=N/O)C(C)(C)NCC(CNC(C)(C)/C(C)=N\O)NC(=O)CCC(=O)NCCCC[C@H](NC(=O)CCCC(=O)NCCOCCOCC(=O)NCCOCCOCC(=O)NCCCC[C@H](C)C(N)=O)C(=O)NCCCCC(C)C(N)=O. The lowest BCUT2D eigenvalue weighted by atomic mass is 9.98. The number of nitrogens with two attached hydrogens (primary N) is 2. The molecule has 0 aromatic rings. The van der Waals surface area contributed by atoms with Crippen LogP contribution in [0.3, 0.4) is 0 Å². The number of nitrogens with one attached hydrogen (secondary N) is 9. The molecule has 0 fully saturated rings. The molecule has 3 atom stereocenters. The van der Waals surface area contributed by atoms with Crippen molar-refractivity contribution in [2.75, 3.05) is 98.7 Å². The van der Waals surface area contributed by atoms with Crippen molar-refractivity contribution in [3.63, 3.8) is 0 Å². The van der Waals surface area contributed by atoms with E-state index in [0.29, 0.717) is 63.0 Å².